The van der Waals surface area contributed by atoms with Crippen LogP contribution in [0.2, 0.25) is 5.02 Å². The molecule has 1 N–H and O–H groups in total. The number of carbonyl (C=O) groups is 2. The molecule has 0 amide bonds. The lowest BCUT2D eigenvalue weighted by Crippen LogP contribution is -2.38. The Morgan fingerprint density at radius 1 is 1.26 bits per heavy atom. The number of methoxy groups -OCH3 is 1. The van der Waals surface area contributed by atoms with E-state index in [1.54, 1.807) is 25.3 Å². The number of aliphatic imine (C=N–C) groups is 1. The first-order chi connectivity index (χ1) is 16.9. The van der Waals surface area contributed by atoms with Gasteiger partial charge in [-0.25, -0.2) is 14.2 Å². The number of esters is 2. The molecule has 2 aliphatic rings. The van der Waals surface area contributed by atoms with Crippen LogP contribution in [0.5, 0.6) is 0 Å². The quantitative estimate of drug-likeness (QED) is 0.505. The van der Waals surface area contributed by atoms with Gasteiger partial charge in [-0.05, 0) is 50.5 Å². The highest BCUT2D eigenvalue weighted by molar-refractivity contribution is 7.11. The summed E-state index contributed by atoms with van der Waals surface area (Å²) < 4.78 is 24.6. The average Bonchev–Trinajstić information content (AvgIpc) is 3.40. The van der Waals surface area contributed by atoms with Crippen molar-refractivity contribution >= 4 is 40.7 Å². The summed E-state index contributed by atoms with van der Waals surface area (Å²) in [5, 5.41) is 5.76. The number of thiazole rings is 1. The molecular formula is C25H27ClFN3O4S. The molecule has 1 atom stereocenters. The lowest BCUT2D eigenvalue weighted by Gasteiger charge is -2.35. The smallest absolute Gasteiger partial charge is 0.338 e. The molecule has 7 nitrogen and oxygen atoms in total. The number of allylic oxidation sites excluding steroid dienone is 1. The monoisotopic (exact) mass is 519 g/mol. The molecule has 1 aromatic carbocycles. The standard InChI is InChI=1S/C25H27ClFN3O4S/c1-3-34-18(31)13-14-7-9-15(10-8-14)21-19(25(32)33-2)22(16-5-4-6-17(27)20(16)26)30-23(29-21)24-28-11-12-35-24/h4-6,11-12,14-15,22H,3,7-10,13H2,1-2H3,(H,29,30). The molecule has 0 spiro atoms. The van der Waals surface area contributed by atoms with Gasteiger partial charge in [0.1, 0.15) is 11.9 Å². The maximum Gasteiger partial charge on any atom is 0.338 e. The predicted molar refractivity (Wildman–Crippen MR) is 132 cm³/mol. The molecule has 10 heteroatoms. The second kappa shape index (κ2) is 11.3. The molecule has 1 unspecified atom stereocenters. The molecule has 0 saturated heterocycles. The number of rotatable bonds is 7. The van der Waals surface area contributed by atoms with Gasteiger partial charge in [-0.15, -0.1) is 11.3 Å². The Kier molecular flexibility index (Phi) is 8.18. The van der Waals surface area contributed by atoms with Crippen molar-refractivity contribution in [3.63, 3.8) is 0 Å². The number of nitrogens with zero attached hydrogens (tertiary/aromatic N) is 2. The lowest BCUT2D eigenvalue weighted by atomic mass is 9.77. The molecule has 2 aromatic rings. The van der Waals surface area contributed by atoms with Crippen molar-refractivity contribution < 1.29 is 23.5 Å². The van der Waals surface area contributed by atoms with Crippen LogP contribution in [0.1, 0.15) is 55.6 Å². The summed E-state index contributed by atoms with van der Waals surface area (Å²) >= 11 is 7.75. The van der Waals surface area contributed by atoms with Gasteiger partial charge in [0.2, 0.25) is 0 Å². The van der Waals surface area contributed by atoms with Gasteiger partial charge >= 0.3 is 11.9 Å². The zero-order valence-electron chi connectivity index (χ0n) is 19.6. The van der Waals surface area contributed by atoms with E-state index < -0.39 is 17.8 Å². The first-order valence-corrected chi connectivity index (χ1v) is 12.8. The number of nitrogens with one attached hydrogen (secondary N) is 1. The molecule has 1 aliphatic carbocycles. The fourth-order valence-electron chi connectivity index (χ4n) is 4.74. The van der Waals surface area contributed by atoms with Crippen LogP contribution in [0, 0.1) is 17.7 Å². The van der Waals surface area contributed by atoms with Crippen molar-refractivity contribution in [1.29, 1.82) is 0 Å². The van der Waals surface area contributed by atoms with E-state index in [4.69, 9.17) is 26.1 Å². The van der Waals surface area contributed by atoms with Gasteiger partial charge in [-0.1, -0.05) is 23.7 Å². The van der Waals surface area contributed by atoms with Crippen LogP contribution in [-0.4, -0.2) is 36.5 Å². The van der Waals surface area contributed by atoms with Crippen molar-refractivity contribution in [3.8, 4) is 0 Å². The molecule has 186 valence electrons. The van der Waals surface area contributed by atoms with E-state index in [0.717, 1.165) is 25.7 Å². The van der Waals surface area contributed by atoms with E-state index in [2.05, 4.69) is 10.3 Å². The molecular weight excluding hydrogens is 493 g/mol. The third-order valence-corrected chi connectivity index (χ3v) is 7.59. The van der Waals surface area contributed by atoms with Gasteiger partial charge < -0.3 is 14.8 Å². The van der Waals surface area contributed by atoms with Crippen molar-refractivity contribution in [3.05, 3.63) is 62.5 Å². The van der Waals surface area contributed by atoms with E-state index in [9.17, 15) is 14.0 Å². The molecule has 0 bridgehead atoms. The SMILES string of the molecule is CCOC(=O)CC1CCC(C2=C(C(=O)OC)C(c3cccc(F)c3Cl)N=C(c3nccs3)N2)CC1. The summed E-state index contributed by atoms with van der Waals surface area (Å²) in [5.41, 5.74) is 1.39. The van der Waals surface area contributed by atoms with Crippen molar-refractivity contribution in [2.24, 2.45) is 16.8 Å². The number of amidine groups is 1. The first-order valence-electron chi connectivity index (χ1n) is 11.6. The fourth-order valence-corrected chi connectivity index (χ4v) is 5.56. The van der Waals surface area contributed by atoms with E-state index in [1.807, 2.05) is 5.38 Å². The van der Waals surface area contributed by atoms with E-state index in [1.165, 1.54) is 24.5 Å². The number of carbonyl (C=O) groups excluding carboxylic acids is 2. The van der Waals surface area contributed by atoms with Crippen LogP contribution in [-0.2, 0) is 19.1 Å². The predicted octanol–water partition coefficient (Wildman–Crippen LogP) is 5.21. The number of halogens is 2. The third kappa shape index (κ3) is 5.56. The highest BCUT2D eigenvalue weighted by Gasteiger charge is 2.38. The summed E-state index contributed by atoms with van der Waals surface area (Å²) in [7, 11) is 1.31. The summed E-state index contributed by atoms with van der Waals surface area (Å²) in [6.45, 7) is 2.17. The average molecular weight is 520 g/mol. The van der Waals surface area contributed by atoms with Gasteiger partial charge in [0.05, 0.1) is 24.3 Å². The molecule has 1 saturated carbocycles. The van der Waals surface area contributed by atoms with Crippen LogP contribution in [0.3, 0.4) is 0 Å². The van der Waals surface area contributed by atoms with Gasteiger partial charge in [-0.3, -0.25) is 9.79 Å². The Morgan fingerprint density at radius 2 is 2.03 bits per heavy atom. The molecule has 1 aliphatic heterocycles. The van der Waals surface area contributed by atoms with E-state index >= 15 is 0 Å². The second-order valence-corrected chi connectivity index (χ2v) is 9.80. The van der Waals surface area contributed by atoms with Gasteiger partial charge in [-0.2, -0.15) is 0 Å². The van der Waals surface area contributed by atoms with Crippen LogP contribution in [0.4, 0.5) is 4.39 Å². The Morgan fingerprint density at radius 3 is 2.69 bits per heavy atom. The summed E-state index contributed by atoms with van der Waals surface area (Å²) in [4.78, 5) is 34.1. The normalized spacial score (nSPS) is 22.3. The zero-order chi connectivity index (χ0) is 24.9. The zero-order valence-corrected chi connectivity index (χ0v) is 21.1. The first kappa shape index (κ1) is 25.3. The summed E-state index contributed by atoms with van der Waals surface area (Å²) in [5.74, 6) is -0.575. The Balaban J connectivity index is 1.71. The fraction of sp³-hybridized carbons (Fsp3) is 0.440. The van der Waals surface area contributed by atoms with Crippen molar-refractivity contribution in [1.82, 2.24) is 10.3 Å². The van der Waals surface area contributed by atoms with Gasteiger partial charge in [0.15, 0.2) is 10.8 Å². The number of benzene rings is 1. The maximum absolute atomic E-state index is 14.4. The summed E-state index contributed by atoms with van der Waals surface area (Å²) in [6.07, 6.45) is 5.23. The minimum Gasteiger partial charge on any atom is -0.466 e. The Bertz CT molecular complexity index is 1140. The molecule has 2 heterocycles. The van der Waals surface area contributed by atoms with Gasteiger partial charge in [0.25, 0.3) is 0 Å². The maximum atomic E-state index is 14.4. The molecule has 0 radical (unpaired) electrons. The highest BCUT2D eigenvalue weighted by Crippen LogP contribution is 2.42. The largest absolute Gasteiger partial charge is 0.466 e. The minimum absolute atomic E-state index is 0.00263. The molecule has 4 rings (SSSR count). The number of hydrogen-bond acceptors (Lipinski definition) is 8. The van der Waals surface area contributed by atoms with E-state index in [-0.39, 0.29) is 22.8 Å². The highest BCUT2D eigenvalue weighted by atomic mass is 35.5. The van der Waals surface area contributed by atoms with Crippen molar-refractivity contribution in [2.75, 3.05) is 13.7 Å². The summed E-state index contributed by atoms with van der Waals surface area (Å²) in [6, 6.07) is 3.64. The number of ether oxygens (including phenoxy) is 2. The molecule has 1 fully saturated rings. The van der Waals surface area contributed by atoms with Crippen LogP contribution in [0.15, 0.2) is 46.0 Å². The van der Waals surface area contributed by atoms with Crippen LogP contribution >= 0.6 is 22.9 Å². The second-order valence-electron chi connectivity index (χ2n) is 8.53. The minimum atomic E-state index is -0.849. The number of aromatic nitrogens is 1. The van der Waals surface area contributed by atoms with Crippen LogP contribution < -0.4 is 5.32 Å². The van der Waals surface area contributed by atoms with Crippen molar-refractivity contribution in [2.45, 2.75) is 45.1 Å². The Labute approximate surface area is 212 Å². The third-order valence-electron chi connectivity index (χ3n) is 6.41. The van der Waals surface area contributed by atoms with Gasteiger partial charge in [0, 0.05) is 29.3 Å². The van der Waals surface area contributed by atoms with E-state index in [0.29, 0.717) is 40.7 Å². The Hall–Kier alpha value is -2.78. The molecule has 1 aromatic heterocycles. The lowest BCUT2D eigenvalue weighted by molar-refractivity contribution is -0.144. The van der Waals surface area contributed by atoms with Crippen LogP contribution in [0.25, 0.3) is 0 Å². The molecule has 35 heavy (non-hydrogen) atoms. The number of hydrogen-bond donors (Lipinski definition) is 1. The topological polar surface area (TPSA) is 89.9 Å².